The first kappa shape index (κ1) is 29.0. The molecule has 0 saturated heterocycles. The molecule has 0 saturated carbocycles. The number of ketones is 1. The molecule has 0 aromatic heterocycles. The molecule has 0 fully saturated rings. The van der Waals surface area contributed by atoms with E-state index in [-0.39, 0.29) is 5.78 Å². The molecule has 0 N–H and O–H groups in total. The molecule has 3 heteroatoms. The van der Waals surface area contributed by atoms with Gasteiger partial charge in [-0.1, -0.05) is 90.4 Å². The Labute approximate surface area is 217 Å². The number of carbonyl (C=O) groups is 2. The third-order valence-corrected chi connectivity index (χ3v) is 5.94. The zero-order chi connectivity index (χ0) is 27.3. The third kappa shape index (κ3) is 8.19. The summed E-state index contributed by atoms with van der Waals surface area (Å²) >= 11 is 0. The molecule has 0 atom stereocenters. The largest absolute Gasteiger partial charge is 0.423 e. The lowest BCUT2D eigenvalue weighted by Crippen LogP contribution is -2.23. The van der Waals surface area contributed by atoms with Crippen molar-refractivity contribution in [2.75, 3.05) is 0 Å². The van der Waals surface area contributed by atoms with Crippen LogP contribution in [0, 0.1) is 31.6 Å². The summed E-state index contributed by atoms with van der Waals surface area (Å²) in [7, 11) is 0. The second kappa shape index (κ2) is 11.7. The second-order valence-electron chi connectivity index (χ2n) is 11.8. The molecule has 0 heterocycles. The molecule has 0 aliphatic heterocycles. The van der Waals surface area contributed by atoms with E-state index in [0.717, 1.165) is 17.5 Å². The van der Waals surface area contributed by atoms with Crippen LogP contribution in [0.3, 0.4) is 0 Å². The van der Waals surface area contributed by atoms with Crippen LogP contribution >= 0.6 is 0 Å². The Morgan fingerprint density at radius 1 is 0.722 bits per heavy atom. The maximum Gasteiger partial charge on any atom is 0.343 e. The standard InChI is InChI=1S/C28H30O3.C5H12/c1-7-28(5,6)26(29)21-9-8-10-22(17-21)27(30)31-23-12-14-25(20(4)16-23)24-13-11-18(2)15-19(24)3;1-5(2,3)4/h8-17H,7H2,1-6H3;1-4H3. The van der Waals surface area contributed by atoms with E-state index in [1.165, 1.54) is 16.7 Å². The molecule has 3 aromatic rings. The van der Waals surface area contributed by atoms with Crippen LogP contribution in [-0.2, 0) is 0 Å². The van der Waals surface area contributed by atoms with Crippen LogP contribution in [0.25, 0.3) is 11.1 Å². The topological polar surface area (TPSA) is 43.4 Å². The molecule has 0 aliphatic rings. The monoisotopic (exact) mass is 486 g/mol. The Kier molecular flexibility index (Phi) is 9.43. The lowest BCUT2D eigenvalue weighted by molar-refractivity contribution is 0.0734. The summed E-state index contributed by atoms with van der Waals surface area (Å²) in [5.74, 6) is 0.0440. The summed E-state index contributed by atoms with van der Waals surface area (Å²) < 4.78 is 5.62. The average Bonchev–Trinajstić information content (AvgIpc) is 2.78. The van der Waals surface area contributed by atoms with Crippen molar-refractivity contribution in [2.45, 2.75) is 75.7 Å². The number of carbonyl (C=O) groups excluding carboxylic acids is 2. The highest BCUT2D eigenvalue weighted by atomic mass is 16.5. The van der Waals surface area contributed by atoms with Crippen LogP contribution in [0.5, 0.6) is 5.75 Å². The molecule has 0 spiro atoms. The minimum absolute atomic E-state index is 0.0262. The first-order valence-corrected chi connectivity index (χ1v) is 12.7. The minimum atomic E-state index is -0.470. The quantitative estimate of drug-likeness (QED) is 0.198. The van der Waals surface area contributed by atoms with E-state index in [1.807, 2.05) is 45.9 Å². The Morgan fingerprint density at radius 2 is 1.25 bits per heavy atom. The SMILES string of the molecule is CC(C)(C)C.CCC(C)(C)C(=O)c1cccc(C(=O)Oc2ccc(-c3ccc(C)cc3C)c(C)c2)c1. The molecule has 0 radical (unpaired) electrons. The van der Waals surface area contributed by atoms with Gasteiger partial charge in [0.2, 0.25) is 0 Å². The van der Waals surface area contributed by atoms with E-state index < -0.39 is 11.4 Å². The number of benzene rings is 3. The van der Waals surface area contributed by atoms with Gasteiger partial charge < -0.3 is 4.74 Å². The fourth-order valence-corrected chi connectivity index (χ4v) is 3.62. The van der Waals surface area contributed by atoms with Gasteiger partial charge in [0.05, 0.1) is 5.56 Å². The van der Waals surface area contributed by atoms with Gasteiger partial charge in [-0.15, -0.1) is 0 Å². The summed E-state index contributed by atoms with van der Waals surface area (Å²) in [5.41, 5.74) is 6.69. The summed E-state index contributed by atoms with van der Waals surface area (Å²) in [5, 5.41) is 0. The smallest absolute Gasteiger partial charge is 0.343 e. The maximum absolute atomic E-state index is 12.7. The molecule has 3 aromatic carbocycles. The van der Waals surface area contributed by atoms with Gasteiger partial charge in [-0.05, 0) is 79.1 Å². The number of rotatable bonds is 6. The summed E-state index contributed by atoms with van der Waals surface area (Å²) in [4.78, 5) is 25.5. The second-order valence-corrected chi connectivity index (χ2v) is 11.8. The van der Waals surface area contributed by atoms with E-state index in [9.17, 15) is 9.59 Å². The van der Waals surface area contributed by atoms with Gasteiger partial charge in [-0.2, -0.15) is 0 Å². The Balaban J connectivity index is 0.000000830. The molecule has 3 nitrogen and oxygen atoms in total. The lowest BCUT2D eigenvalue weighted by Gasteiger charge is -2.21. The van der Waals surface area contributed by atoms with Crippen molar-refractivity contribution in [1.29, 1.82) is 0 Å². The maximum atomic E-state index is 12.7. The van der Waals surface area contributed by atoms with E-state index in [0.29, 0.717) is 22.3 Å². The van der Waals surface area contributed by atoms with Crippen molar-refractivity contribution in [1.82, 2.24) is 0 Å². The number of aryl methyl sites for hydroxylation is 3. The van der Waals surface area contributed by atoms with Crippen molar-refractivity contribution in [3.05, 3.63) is 88.5 Å². The van der Waals surface area contributed by atoms with Crippen molar-refractivity contribution in [3.8, 4) is 16.9 Å². The normalized spacial score (nSPS) is 11.4. The number of Topliss-reactive ketones (excluding diaryl/α,β-unsaturated/α-hetero) is 1. The molecule has 0 amide bonds. The Bertz CT molecular complexity index is 1220. The van der Waals surface area contributed by atoms with Gasteiger partial charge in [0.25, 0.3) is 0 Å². The third-order valence-electron chi connectivity index (χ3n) is 5.94. The average molecular weight is 487 g/mol. The molecule has 36 heavy (non-hydrogen) atoms. The highest BCUT2D eigenvalue weighted by Crippen LogP contribution is 2.30. The van der Waals surface area contributed by atoms with Gasteiger partial charge in [-0.3, -0.25) is 4.79 Å². The van der Waals surface area contributed by atoms with E-state index in [4.69, 9.17) is 4.74 Å². The lowest BCUT2D eigenvalue weighted by atomic mass is 9.82. The minimum Gasteiger partial charge on any atom is -0.423 e. The van der Waals surface area contributed by atoms with Crippen LogP contribution < -0.4 is 4.74 Å². The molecule has 0 aliphatic carbocycles. The molecular formula is C33H42O3. The summed E-state index contributed by atoms with van der Waals surface area (Å²) in [6, 6.07) is 18.8. The molecule has 3 rings (SSSR count). The van der Waals surface area contributed by atoms with Gasteiger partial charge >= 0.3 is 5.97 Å². The summed E-state index contributed by atoms with van der Waals surface area (Å²) in [6.07, 6.45) is 0.729. The van der Waals surface area contributed by atoms with Gasteiger partial charge in [0, 0.05) is 11.0 Å². The number of hydrogen-bond donors (Lipinski definition) is 0. The Hall–Kier alpha value is -3.20. The highest BCUT2D eigenvalue weighted by Gasteiger charge is 2.27. The van der Waals surface area contributed by atoms with Crippen molar-refractivity contribution < 1.29 is 14.3 Å². The molecule has 0 bridgehead atoms. The van der Waals surface area contributed by atoms with Gasteiger partial charge in [0.15, 0.2) is 5.78 Å². The fourth-order valence-electron chi connectivity index (χ4n) is 3.62. The molecule has 192 valence electrons. The highest BCUT2D eigenvalue weighted by molar-refractivity contribution is 6.02. The van der Waals surface area contributed by atoms with E-state index >= 15 is 0 Å². The van der Waals surface area contributed by atoms with Crippen molar-refractivity contribution in [2.24, 2.45) is 10.8 Å². The molecule has 0 unspecified atom stereocenters. The number of ether oxygens (including phenoxy) is 1. The molecular weight excluding hydrogens is 444 g/mol. The zero-order valence-electron chi connectivity index (χ0n) is 23.7. The number of hydrogen-bond acceptors (Lipinski definition) is 3. The van der Waals surface area contributed by atoms with Crippen molar-refractivity contribution >= 4 is 11.8 Å². The van der Waals surface area contributed by atoms with E-state index in [2.05, 4.69) is 59.7 Å². The van der Waals surface area contributed by atoms with Crippen molar-refractivity contribution in [3.63, 3.8) is 0 Å². The Morgan fingerprint density at radius 3 is 1.78 bits per heavy atom. The zero-order valence-corrected chi connectivity index (χ0v) is 23.7. The van der Waals surface area contributed by atoms with Gasteiger partial charge in [0.1, 0.15) is 5.75 Å². The first-order valence-electron chi connectivity index (χ1n) is 12.7. The van der Waals surface area contributed by atoms with Crippen LogP contribution in [-0.4, -0.2) is 11.8 Å². The van der Waals surface area contributed by atoms with Crippen LogP contribution in [0.4, 0.5) is 0 Å². The van der Waals surface area contributed by atoms with Crippen LogP contribution in [0.1, 0.15) is 92.3 Å². The fraction of sp³-hybridized carbons (Fsp3) is 0.394. The summed E-state index contributed by atoms with van der Waals surface area (Å²) in [6.45, 7) is 20.8. The van der Waals surface area contributed by atoms with Gasteiger partial charge in [-0.25, -0.2) is 4.79 Å². The number of esters is 1. The van der Waals surface area contributed by atoms with Crippen LogP contribution in [0.15, 0.2) is 60.7 Å². The van der Waals surface area contributed by atoms with Crippen LogP contribution in [0.2, 0.25) is 0 Å². The predicted molar refractivity (Wildman–Crippen MR) is 151 cm³/mol. The van der Waals surface area contributed by atoms with E-state index in [1.54, 1.807) is 24.3 Å². The first-order chi connectivity index (χ1) is 16.6. The predicted octanol–water partition coefficient (Wildman–Crippen LogP) is 9.17.